The minimum absolute atomic E-state index is 0.0206. The minimum atomic E-state index is -0.0206. The van der Waals surface area contributed by atoms with Crippen LogP contribution < -0.4 is 0 Å². The zero-order valence-electron chi connectivity index (χ0n) is 9.50. The first-order chi connectivity index (χ1) is 6.96. The summed E-state index contributed by atoms with van der Waals surface area (Å²) >= 11 is 5.99. The van der Waals surface area contributed by atoms with Crippen molar-refractivity contribution in [3.8, 4) is 0 Å². The number of hydrogen-bond donors (Lipinski definition) is 0. The molecule has 1 aromatic rings. The number of fused-ring (bicyclic) bond motifs is 1. The Morgan fingerprint density at radius 3 is 2.67 bits per heavy atom. The highest BCUT2D eigenvalue weighted by atomic mass is 35.5. The van der Waals surface area contributed by atoms with E-state index in [0.717, 1.165) is 17.1 Å². The van der Waals surface area contributed by atoms with Crippen LogP contribution in [0.2, 0.25) is 5.02 Å². The maximum atomic E-state index is 5.99. The van der Waals surface area contributed by atoms with Crippen LogP contribution in [-0.2, 0) is 5.41 Å². The van der Waals surface area contributed by atoms with Crippen molar-refractivity contribution in [3.05, 3.63) is 22.8 Å². The molecule has 0 bridgehead atoms. The molecule has 0 saturated carbocycles. The lowest BCUT2D eigenvalue weighted by molar-refractivity contribution is 0.455. The zero-order chi connectivity index (χ0) is 11.2. The van der Waals surface area contributed by atoms with E-state index in [1.165, 1.54) is 0 Å². The number of halogens is 1. The van der Waals surface area contributed by atoms with E-state index in [1.54, 1.807) is 6.20 Å². The average molecular weight is 223 g/mol. The van der Waals surface area contributed by atoms with Gasteiger partial charge in [-0.1, -0.05) is 25.4 Å². The lowest BCUT2D eigenvalue weighted by Gasteiger charge is -2.30. The van der Waals surface area contributed by atoms with E-state index < -0.39 is 0 Å². The van der Waals surface area contributed by atoms with Crippen LogP contribution in [0, 0.1) is 5.92 Å². The van der Waals surface area contributed by atoms with Gasteiger partial charge in [0, 0.05) is 22.9 Å². The molecule has 1 aliphatic rings. The van der Waals surface area contributed by atoms with Crippen LogP contribution in [-0.4, -0.2) is 10.7 Å². The molecule has 0 radical (unpaired) electrons. The summed E-state index contributed by atoms with van der Waals surface area (Å²) in [5, 5.41) is 0.686. The van der Waals surface area contributed by atoms with Crippen LogP contribution >= 0.6 is 11.6 Å². The summed E-state index contributed by atoms with van der Waals surface area (Å²) in [6.45, 7) is 8.68. The van der Waals surface area contributed by atoms with Gasteiger partial charge < -0.3 is 0 Å². The smallest absolute Gasteiger partial charge is 0.155 e. The number of pyridine rings is 1. The SMILES string of the molecule is CC1=Nc2ncc(Cl)cc2C1(C)C(C)C. The zero-order valence-corrected chi connectivity index (χ0v) is 10.3. The Balaban J connectivity index is 2.64. The monoisotopic (exact) mass is 222 g/mol. The quantitative estimate of drug-likeness (QED) is 0.711. The highest BCUT2D eigenvalue weighted by molar-refractivity contribution is 6.30. The predicted octanol–water partition coefficient (Wildman–Crippen LogP) is 3.75. The second-order valence-corrected chi connectivity index (χ2v) is 5.02. The van der Waals surface area contributed by atoms with Crippen LogP contribution in [0.5, 0.6) is 0 Å². The Labute approximate surface area is 95.4 Å². The summed E-state index contributed by atoms with van der Waals surface area (Å²) in [5.41, 5.74) is 2.26. The third-order valence-corrected chi connectivity index (χ3v) is 3.78. The third kappa shape index (κ3) is 1.39. The fourth-order valence-electron chi connectivity index (χ4n) is 2.10. The van der Waals surface area contributed by atoms with Crippen molar-refractivity contribution in [1.29, 1.82) is 0 Å². The molecule has 3 heteroatoms. The molecule has 0 spiro atoms. The van der Waals surface area contributed by atoms with E-state index in [-0.39, 0.29) is 5.41 Å². The Hall–Kier alpha value is -0.890. The number of aromatic nitrogens is 1. The molecule has 0 aromatic carbocycles. The van der Waals surface area contributed by atoms with E-state index in [9.17, 15) is 0 Å². The number of aliphatic imine (C=N–C) groups is 1. The molecule has 80 valence electrons. The Bertz CT molecular complexity index is 437. The van der Waals surface area contributed by atoms with Crippen molar-refractivity contribution in [1.82, 2.24) is 4.98 Å². The van der Waals surface area contributed by atoms with E-state index in [2.05, 4.69) is 37.7 Å². The summed E-state index contributed by atoms with van der Waals surface area (Å²) in [5.74, 6) is 1.32. The van der Waals surface area contributed by atoms with E-state index >= 15 is 0 Å². The number of nitrogens with zero attached hydrogens (tertiary/aromatic N) is 2. The molecule has 1 unspecified atom stereocenters. The van der Waals surface area contributed by atoms with Gasteiger partial charge in [-0.2, -0.15) is 0 Å². The standard InChI is InChI=1S/C12H15ClN2/c1-7(2)12(4)8(3)15-11-10(12)5-9(13)6-14-11/h5-7H,1-4H3. The predicted molar refractivity (Wildman–Crippen MR) is 64.2 cm³/mol. The topological polar surface area (TPSA) is 25.2 Å². The van der Waals surface area contributed by atoms with Crippen molar-refractivity contribution in [3.63, 3.8) is 0 Å². The van der Waals surface area contributed by atoms with Gasteiger partial charge in [-0.05, 0) is 25.8 Å². The fourth-order valence-corrected chi connectivity index (χ4v) is 2.26. The highest BCUT2D eigenvalue weighted by Gasteiger charge is 2.40. The maximum Gasteiger partial charge on any atom is 0.155 e. The Morgan fingerprint density at radius 2 is 2.07 bits per heavy atom. The van der Waals surface area contributed by atoms with Gasteiger partial charge in [-0.3, -0.25) is 0 Å². The van der Waals surface area contributed by atoms with Crippen molar-refractivity contribution in [2.75, 3.05) is 0 Å². The van der Waals surface area contributed by atoms with Gasteiger partial charge in [-0.25, -0.2) is 9.98 Å². The van der Waals surface area contributed by atoms with E-state index in [4.69, 9.17) is 11.6 Å². The van der Waals surface area contributed by atoms with Crippen LogP contribution in [0.3, 0.4) is 0 Å². The highest BCUT2D eigenvalue weighted by Crippen LogP contribution is 2.44. The minimum Gasteiger partial charge on any atom is -0.237 e. The largest absolute Gasteiger partial charge is 0.237 e. The lowest BCUT2D eigenvalue weighted by atomic mass is 9.72. The maximum absolute atomic E-state index is 5.99. The molecule has 1 aromatic heterocycles. The molecular formula is C12H15ClN2. The van der Waals surface area contributed by atoms with Crippen molar-refractivity contribution >= 4 is 23.1 Å². The molecule has 1 aliphatic heterocycles. The molecule has 0 aliphatic carbocycles. The Kier molecular flexibility index (Phi) is 2.34. The second-order valence-electron chi connectivity index (χ2n) is 4.58. The molecule has 0 amide bonds. The van der Waals surface area contributed by atoms with Crippen molar-refractivity contribution in [2.45, 2.75) is 33.1 Å². The molecule has 2 rings (SSSR count). The molecule has 0 saturated heterocycles. The molecular weight excluding hydrogens is 208 g/mol. The average Bonchev–Trinajstić information content (AvgIpc) is 2.42. The lowest BCUT2D eigenvalue weighted by Crippen LogP contribution is -2.33. The molecule has 1 atom stereocenters. The Morgan fingerprint density at radius 1 is 1.40 bits per heavy atom. The summed E-state index contributed by atoms with van der Waals surface area (Å²) < 4.78 is 0. The van der Waals surface area contributed by atoms with Gasteiger partial charge in [0.25, 0.3) is 0 Å². The van der Waals surface area contributed by atoms with Gasteiger partial charge >= 0.3 is 0 Å². The van der Waals surface area contributed by atoms with Crippen LogP contribution in [0.25, 0.3) is 0 Å². The summed E-state index contributed by atoms with van der Waals surface area (Å²) in [7, 11) is 0. The summed E-state index contributed by atoms with van der Waals surface area (Å²) in [4.78, 5) is 8.78. The van der Waals surface area contributed by atoms with Crippen LogP contribution in [0.15, 0.2) is 17.3 Å². The molecule has 2 nitrogen and oxygen atoms in total. The normalized spacial score (nSPS) is 24.3. The summed E-state index contributed by atoms with van der Waals surface area (Å²) in [6, 6.07) is 1.99. The van der Waals surface area contributed by atoms with Crippen molar-refractivity contribution in [2.24, 2.45) is 10.9 Å². The first-order valence-corrected chi connectivity index (χ1v) is 5.56. The van der Waals surface area contributed by atoms with Gasteiger partial charge in [-0.15, -0.1) is 0 Å². The van der Waals surface area contributed by atoms with Crippen LogP contribution in [0.1, 0.15) is 33.3 Å². The number of rotatable bonds is 1. The van der Waals surface area contributed by atoms with Crippen LogP contribution in [0.4, 0.5) is 5.82 Å². The summed E-state index contributed by atoms with van der Waals surface area (Å²) in [6.07, 6.45) is 1.66. The molecule has 0 N–H and O–H groups in total. The van der Waals surface area contributed by atoms with Gasteiger partial charge in [0.2, 0.25) is 0 Å². The van der Waals surface area contributed by atoms with E-state index in [0.29, 0.717) is 10.9 Å². The van der Waals surface area contributed by atoms with Gasteiger partial charge in [0.15, 0.2) is 5.82 Å². The van der Waals surface area contributed by atoms with E-state index in [1.807, 2.05) is 6.07 Å². The van der Waals surface area contributed by atoms with Gasteiger partial charge in [0.1, 0.15) is 0 Å². The second kappa shape index (κ2) is 3.31. The first kappa shape index (κ1) is 10.6. The third-order valence-electron chi connectivity index (χ3n) is 3.57. The van der Waals surface area contributed by atoms with Crippen molar-refractivity contribution < 1.29 is 0 Å². The first-order valence-electron chi connectivity index (χ1n) is 5.18. The molecule has 2 heterocycles. The fraction of sp³-hybridized carbons (Fsp3) is 0.500. The van der Waals surface area contributed by atoms with Gasteiger partial charge in [0.05, 0.1) is 5.02 Å². The number of hydrogen-bond acceptors (Lipinski definition) is 2. The molecule has 0 fully saturated rings. The molecule has 15 heavy (non-hydrogen) atoms.